The Kier molecular flexibility index (Phi) is 7.16. The Morgan fingerprint density at radius 3 is 2.81 bits per heavy atom. The van der Waals surface area contributed by atoms with Crippen molar-refractivity contribution < 1.29 is 9.59 Å². The fourth-order valence-electron chi connectivity index (χ4n) is 3.21. The van der Waals surface area contributed by atoms with E-state index in [0.29, 0.717) is 18.9 Å². The number of hydrogen-bond acceptors (Lipinski definition) is 4. The Morgan fingerprint density at radius 2 is 2.11 bits per heavy atom. The van der Waals surface area contributed by atoms with Crippen molar-refractivity contribution in [3.63, 3.8) is 0 Å². The fraction of sp³-hybridized carbons (Fsp3) is 0.381. The number of carbonyl (C=O) groups is 2. The summed E-state index contributed by atoms with van der Waals surface area (Å²) in [5.74, 6) is 0.673. The number of carbonyl (C=O) groups excluding carboxylic acids is 2. The minimum Gasteiger partial charge on any atom is -0.352 e. The Morgan fingerprint density at radius 1 is 1.26 bits per heavy atom. The van der Waals surface area contributed by atoms with Crippen LogP contribution in [0.4, 0.5) is 0 Å². The molecule has 0 aliphatic carbocycles. The first-order chi connectivity index (χ1) is 13.2. The molecule has 0 unspecified atom stereocenters. The quantitative estimate of drug-likeness (QED) is 0.745. The molecule has 0 spiro atoms. The zero-order valence-electron chi connectivity index (χ0n) is 15.3. The molecule has 3 heterocycles. The van der Waals surface area contributed by atoms with Gasteiger partial charge in [-0.05, 0) is 54.3 Å². The van der Waals surface area contributed by atoms with Crippen molar-refractivity contribution in [3.05, 3.63) is 58.6 Å². The Labute approximate surface area is 164 Å². The Hall–Kier alpha value is -2.47. The van der Waals surface area contributed by atoms with E-state index in [4.69, 9.17) is 0 Å². The molecule has 142 valence electrons. The van der Waals surface area contributed by atoms with Gasteiger partial charge in [-0.1, -0.05) is 12.1 Å². The van der Waals surface area contributed by atoms with E-state index in [9.17, 15) is 9.59 Å². The topological polar surface area (TPSA) is 62.3 Å². The summed E-state index contributed by atoms with van der Waals surface area (Å²) in [6.45, 7) is 2.07. The zero-order valence-corrected chi connectivity index (χ0v) is 16.2. The maximum atomic E-state index is 12.3. The highest BCUT2D eigenvalue weighted by molar-refractivity contribution is 7.10. The average molecular weight is 384 g/mol. The lowest BCUT2D eigenvalue weighted by Gasteiger charge is -2.31. The number of hydrogen-bond donors (Lipinski definition) is 1. The van der Waals surface area contributed by atoms with E-state index in [2.05, 4.69) is 10.3 Å². The number of nitrogens with one attached hydrogen (secondary N) is 1. The minimum absolute atomic E-state index is 0.0797. The van der Waals surface area contributed by atoms with Gasteiger partial charge in [-0.3, -0.25) is 14.6 Å². The van der Waals surface area contributed by atoms with Crippen LogP contribution in [0.2, 0.25) is 0 Å². The van der Waals surface area contributed by atoms with Crippen molar-refractivity contribution >= 4 is 29.2 Å². The SMILES string of the molecule is O=C(CCC1CCN(C(=O)/C=C/c2cccs2)CC1)NCc1cccnc1. The summed E-state index contributed by atoms with van der Waals surface area (Å²) in [7, 11) is 0. The van der Waals surface area contributed by atoms with Crippen molar-refractivity contribution in [2.24, 2.45) is 5.92 Å². The van der Waals surface area contributed by atoms with Crippen LogP contribution in [0.1, 0.15) is 36.1 Å². The lowest BCUT2D eigenvalue weighted by molar-refractivity contribution is -0.127. The highest BCUT2D eigenvalue weighted by Gasteiger charge is 2.22. The maximum absolute atomic E-state index is 12.3. The summed E-state index contributed by atoms with van der Waals surface area (Å²) in [5, 5.41) is 4.95. The predicted molar refractivity (Wildman–Crippen MR) is 108 cm³/mol. The van der Waals surface area contributed by atoms with Crippen molar-refractivity contribution in [2.75, 3.05) is 13.1 Å². The van der Waals surface area contributed by atoms with Crippen LogP contribution in [0.15, 0.2) is 48.1 Å². The first-order valence-corrected chi connectivity index (χ1v) is 10.2. The second-order valence-electron chi connectivity index (χ2n) is 6.79. The second-order valence-corrected chi connectivity index (χ2v) is 7.77. The normalized spacial score (nSPS) is 15.2. The molecular formula is C21H25N3O2S. The zero-order chi connectivity index (χ0) is 18.9. The number of aromatic nitrogens is 1. The molecule has 3 rings (SSSR count). The van der Waals surface area contributed by atoms with E-state index in [0.717, 1.165) is 42.8 Å². The van der Waals surface area contributed by atoms with Crippen LogP contribution < -0.4 is 5.32 Å². The molecule has 0 radical (unpaired) electrons. The van der Waals surface area contributed by atoms with Crippen molar-refractivity contribution in [1.82, 2.24) is 15.2 Å². The summed E-state index contributed by atoms with van der Waals surface area (Å²) in [6.07, 6.45) is 10.4. The highest BCUT2D eigenvalue weighted by Crippen LogP contribution is 2.22. The van der Waals surface area contributed by atoms with Crippen LogP contribution in [0.25, 0.3) is 6.08 Å². The molecule has 2 amide bonds. The number of amides is 2. The number of likely N-dealkylation sites (tertiary alicyclic amines) is 1. The van der Waals surface area contributed by atoms with Gasteiger partial charge in [-0.2, -0.15) is 0 Å². The van der Waals surface area contributed by atoms with E-state index in [1.807, 2.05) is 40.6 Å². The Balaban J connectivity index is 1.33. The van der Waals surface area contributed by atoms with Crippen molar-refractivity contribution in [2.45, 2.75) is 32.2 Å². The molecule has 0 bridgehead atoms. The Bertz CT molecular complexity index is 751. The van der Waals surface area contributed by atoms with Gasteiger partial charge >= 0.3 is 0 Å². The molecule has 1 aliphatic rings. The van der Waals surface area contributed by atoms with Gasteiger partial charge in [0.2, 0.25) is 11.8 Å². The van der Waals surface area contributed by atoms with Crippen molar-refractivity contribution in [1.29, 1.82) is 0 Å². The minimum atomic E-state index is 0.0797. The molecule has 0 aromatic carbocycles. The van der Waals surface area contributed by atoms with E-state index in [-0.39, 0.29) is 11.8 Å². The van der Waals surface area contributed by atoms with Gasteiger partial charge in [0.1, 0.15) is 0 Å². The average Bonchev–Trinajstić information content (AvgIpc) is 3.24. The third-order valence-electron chi connectivity index (χ3n) is 4.85. The molecule has 5 nitrogen and oxygen atoms in total. The number of pyridine rings is 1. The first-order valence-electron chi connectivity index (χ1n) is 9.37. The van der Waals surface area contributed by atoms with Crippen LogP contribution >= 0.6 is 11.3 Å². The molecule has 1 N–H and O–H groups in total. The third-order valence-corrected chi connectivity index (χ3v) is 5.69. The van der Waals surface area contributed by atoms with Gasteiger partial charge in [-0.15, -0.1) is 11.3 Å². The smallest absolute Gasteiger partial charge is 0.246 e. The van der Waals surface area contributed by atoms with Gasteiger partial charge < -0.3 is 10.2 Å². The van der Waals surface area contributed by atoms with Crippen LogP contribution in [0.3, 0.4) is 0 Å². The van der Waals surface area contributed by atoms with Crippen LogP contribution in [-0.2, 0) is 16.1 Å². The largest absolute Gasteiger partial charge is 0.352 e. The molecule has 1 aliphatic heterocycles. The monoisotopic (exact) mass is 383 g/mol. The highest BCUT2D eigenvalue weighted by atomic mass is 32.1. The lowest BCUT2D eigenvalue weighted by Crippen LogP contribution is -2.37. The maximum Gasteiger partial charge on any atom is 0.246 e. The number of nitrogens with zero attached hydrogens (tertiary/aromatic N) is 2. The fourth-order valence-corrected chi connectivity index (χ4v) is 3.83. The lowest BCUT2D eigenvalue weighted by atomic mass is 9.92. The van der Waals surface area contributed by atoms with Crippen LogP contribution in [0, 0.1) is 5.92 Å². The molecule has 2 aromatic rings. The molecule has 1 fully saturated rings. The second kappa shape index (κ2) is 10.0. The molecule has 0 saturated carbocycles. The van der Waals surface area contributed by atoms with Gasteiger partial charge in [0.05, 0.1) is 0 Å². The summed E-state index contributed by atoms with van der Waals surface area (Å²) >= 11 is 1.62. The molecular weight excluding hydrogens is 358 g/mol. The molecule has 6 heteroatoms. The van der Waals surface area contributed by atoms with Gasteiger partial charge in [0.25, 0.3) is 0 Å². The number of rotatable bonds is 7. The molecule has 2 aromatic heterocycles. The van der Waals surface area contributed by atoms with E-state index in [1.165, 1.54) is 0 Å². The van der Waals surface area contributed by atoms with E-state index < -0.39 is 0 Å². The van der Waals surface area contributed by atoms with Crippen LogP contribution in [-0.4, -0.2) is 34.8 Å². The molecule has 0 atom stereocenters. The molecule has 1 saturated heterocycles. The van der Waals surface area contributed by atoms with E-state index >= 15 is 0 Å². The van der Waals surface area contributed by atoms with Crippen LogP contribution in [0.5, 0.6) is 0 Å². The summed E-state index contributed by atoms with van der Waals surface area (Å²) < 4.78 is 0. The number of piperidine rings is 1. The third kappa shape index (κ3) is 6.32. The number of thiophene rings is 1. The summed E-state index contributed by atoms with van der Waals surface area (Å²) in [5.41, 5.74) is 1.01. The first kappa shape index (κ1) is 19.3. The predicted octanol–water partition coefficient (Wildman–Crippen LogP) is 3.49. The van der Waals surface area contributed by atoms with Gasteiger partial charge in [0.15, 0.2) is 0 Å². The standard InChI is InChI=1S/C21H25N3O2S/c25-20(23-16-18-3-1-11-22-15-18)7-5-17-9-12-24(13-10-17)21(26)8-6-19-4-2-14-27-19/h1-4,6,8,11,14-15,17H,5,7,9-10,12-13,16H2,(H,23,25)/b8-6+. The van der Waals surface area contributed by atoms with E-state index in [1.54, 1.807) is 29.8 Å². The molecule has 27 heavy (non-hydrogen) atoms. The van der Waals surface area contributed by atoms with Crippen molar-refractivity contribution in [3.8, 4) is 0 Å². The van der Waals surface area contributed by atoms with Gasteiger partial charge in [0, 0.05) is 49.4 Å². The van der Waals surface area contributed by atoms with Gasteiger partial charge in [-0.25, -0.2) is 0 Å². The summed E-state index contributed by atoms with van der Waals surface area (Å²) in [4.78, 5) is 31.3. The summed E-state index contributed by atoms with van der Waals surface area (Å²) in [6, 6.07) is 7.80.